The molecule has 1 aromatic rings. The van der Waals surface area contributed by atoms with Crippen LogP contribution in [0.3, 0.4) is 0 Å². The molecular formula is C32H50N4O3. The minimum absolute atomic E-state index is 0.142. The molecule has 4 rings (SSSR count). The fraction of sp³-hybridized carbons (Fsp3) is 0.688. The highest BCUT2D eigenvalue weighted by atomic mass is 16.5. The molecule has 6 N–H and O–H groups in total. The predicted octanol–water partition coefficient (Wildman–Crippen LogP) is 4.24. The average molecular weight is 539 g/mol. The summed E-state index contributed by atoms with van der Waals surface area (Å²) in [6.45, 7) is 16.8. The predicted molar refractivity (Wildman–Crippen MR) is 156 cm³/mol. The molecule has 39 heavy (non-hydrogen) atoms. The highest BCUT2D eigenvalue weighted by Gasteiger charge is 2.61. The van der Waals surface area contributed by atoms with Crippen molar-refractivity contribution in [1.82, 2.24) is 10.6 Å². The number of carbonyl (C=O) groups excluding carboxylic acids is 2. The lowest BCUT2D eigenvalue weighted by molar-refractivity contribution is -0.126. The summed E-state index contributed by atoms with van der Waals surface area (Å²) in [6, 6.07) is 3.67. The van der Waals surface area contributed by atoms with Crippen LogP contribution in [0.4, 0.5) is 0 Å². The highest BCUT2D eigenvalue weighted by molar-refractivity contribution is 5.87. The third-order valence-corrected chi connectivity index (χ3v) is 10.4. The molecule has 3 aliphatic carbocycles. The Labute approximate surface area is 234 Å². The van der Waals surface area contributed by atoms with Crippen molar-refractivity contribution in [3.8, 4) is 5.75 Å². The van der Waals surface area contributed by atoms with Crippen LogP contribution < -0.4 is 26.8 Å². The quantitative estimate of drug-likeness (QED) is 0.332. The molecule has 7 nitrogen and oxygen atoms in total. The number of ether oxygens (including phenoxy) is 1. The Balaban J connectivity index is 1.37. The van der Waals surface area contributed by atoms with Gasteiger partial charge < -0.3 is 26.8 Å². The van der Waals surface area contributed by atoms with Crippen LogP contribution in [0.25, 0.3) is 0 Å². The molecule has 0 aromatic heterocycles. The first-order valence-corrected chi connectivity index (χ1v) is 14.8. The Morgan fingerprint density at radius 2 is 1.85 bits per heavy atom. The van der Waals surface area contributed by atoms with Crippen molar-refractivity contribution < 1.29 is 14.3 Å². The summed E-state index contributed by atoms with van der Waals surface area (Å²) < 4.78 is 6.10. The molecular weight excluding hydrogens is 488 g/mol. The highest BCUT2D eigenvalue weighted by Crippen LogP contribution is 2.67. The molecule has 0 spiro atoms. The molecule has 2 saturated carbocycles. The number of carbonyl (C=O) groups is 2. The van der Waals surface area contributed by atoms with E-state index in [1.807, 2.05) is 0 Å². The van der Waals surface area contributed by atoms with Gasteiger partial charge in [-0.1, -0.05) is 40.7 Å². The SMILES string of the molecule is C=C(CNC(=O)CNC(=O)C(N)CCCN)Oc1cc(C)c2c(c1)C[C@@H]1[C@@]3(C)CCCC(C)(C)[C@@H]3CC[C@@]21C. The first kappa shape index (κ1) is 29.6. The van der Waals surface area contributed by atoms with Gasteiger partial charge in [-0.15, -0.1) is 0 Å². The van der Waals surface area contributed by atoms with Gasteiger partial charge in [0.15, 0.2) is 0 Å². The number of nitrogens with one attached hydrogen (secondary N) is 2. The zero-order valence-electron chi connectivity index (χ0n) is 24.8. The number of hydrogen-bond acceptors (Lipinski definition) is 5. The van der Waals surface area contributed by atoms with Crippen molar-refractivity contribution in [2.75, 3.05) is 19.6 Å². The maximum absolute atomic E-state index is 12.2. The van der Waals surface area contributed by atoms with Crippen molar-refractivity contribution >= 4 is 11.8 Å². The Morgan fingerprint density at radius 3 is 2.56 bits per heavy atom. The zero-order valence-corrected chi connectivity index (χ0v) is 24.8. The first-order valence-electron chi connectivity index (χ1n) is 14.8. The summed E-state index contributed by atoms with van der Waals surface area (Å²) in [6.07, 6.45) is 8.82. The summed E-state index contributed by atoms with van der Waals surface area (Å²) in [5, 5.41) is 5.33. The van der Waals surface area contributed by atoms with E-state index in [2.05, 4.69) is 64.0 Å². The Kier molecular flexibility index (Phi) is 8.53. The number of benzene rings is 1. The van der Waals surface area contributed by atoms with Crippen LogP contribution in [0.1, 0.15) is 89.3 Å². The van der Waals surface area contributed by atoms with Crippen molar-refractivity contribution in [3.05, 3.63) is 41.2 Å². The van der Waals surface area contributed by atoms with Crippen LogP contribution in [0.5, 0.6) is 5.75 Å². The lowest BCUT2D eigenvalue weighted by Gasteiger charge is -2.61. The van der Waals surface area contributed by atoms with Gasteiger partial charge in [-0.2, -0.15) is 0 Å². The Bertz CT molecular complexity index is 1110. The molecule has 0 aliphatic heterocycles. The van der Waals surface area contributed by atoms with Crippen LogP contribution in [-0.4, -0.2) is 37.5 Å². The molecule has 3 aliphatic rings. The fourth-order valence-electron chi connectivity index (χ4n) is 8.72. The van der Waals surface area contributed by atoms with Gasteiger partial charge in [-0.3, -0.25) is 9.59 Å². The second kappa shape index (κ2) is 11.2. The molecule has 0 bridgehead atoms. The van der Waals surface area contributed by atoms with E-state index in [0.717, 1.165) is 18.1 Å². The molecule has 0 radical (unpaired) electrons. The molecule has 0 saturated heterocycles. The van der Waals surface area contributed by atoms with Crippen molar-refractivity contribution in [3.63, 3.8) is 0 Å². The van der Waals surface area contributed by atoms with Gasteiger partial charge in [0.2, 0.25) is 11.8 Å². The lowest BCUT2D eigenvalue weighted by Crippen LogP contribution is -2.55. The number of hydrogen-bond donors (Lipinski definition) is 4. The smallest absolute Gasteiger partial charge is 0.239 e. The van der Waals surface area contributed by atoms with Crippen molar-refractivity contribution in [2.24, 2.45) is 34.1 Å². The third kappa shape index (κ3) is 5.76. The molecule has 2 fully saturated rings. The number of amides is 2. The number of aryl methyl sites for hydroxylation is 1. The third-order valence-electron chi connectivity index (χ3n) is 10.4. The van der Waals surface area contributed by atoms with Crippen LogP contribution >= 0.6 is 0 Å². The van der Waals surface area contributed by atoms with Crippen molar-refractivity contribution in [1.29, 1.82) is 0 Å². The largest absolute Gasteiger partial charge is 0.460 e. The first-order chi connectivity index (χ1) is 18.3. The molecule has 2 amide bonds. The fourth-order valence-corrected chi connectivity index (χ4v) is 8.72. The van der Waals surface area contributed by atoms with Gasteiger partial charge in [0, 0.05) is 0 Å². The standard InChI is InChI=1S/C32H50N4O3/c1-20-15-23(39-21(2)18-35-27(37)19-36-29(38)24(34)9-7-14-33)16-22-17-26-31(5)12-8-11-30(3,4)25(31)10-13-32(26,6)28(20)22/h15-16,24-26H,2,7-14,17-19,33-34H2,1,3-6H3,(H,35,37)(H,36,38)/t24?,25-,26+,31-,32+/m0/s1. The molecule has 7 heteroatoms. The second-order valence-electron chi connectivity index (χ2n) is 13.6. The van der Waals surface area contributed by atoms with Gasteiger partial charge in [0.1, 0.15) is 11.5 Å². The number of fused-ring (bicyclic) bond motifs is 5. The second-order valence-corrected chi connectivity index (χ2v) is 13.6. The lowest BCUT2D eigenvalue weighted by atomic mass is 9.43. The zero-order chi connectivity index (χ0) is 28.6. The minimum Gasteiger partial charge on any atom is -0.460 e. The number of nitrogens with two attached hydrogens (primary N) is 2. The monoisotopic (exact) mass is 538 g/mol. The summed E-state index contributed by atoms with van der Waals surface area (Å²) in [7, 11) is 0. The molecule has 1 aromatic carbocycles. The van der Waals surface area contributed by atoms with Gasteiger partial charge >= 0.3 is 0 Å². The van der Waals surface area contributed by atoms with E-state index in [0.29, 0.717) is 41.9 Å². The van der Waals surface area contributed by atoms with E-state index in [1.165, 1.54) is 48.8 Å². The molecule has 216 valence electrons. The van der Waals surface area contributed by atoms with Crippen LogP contribution in [-0.2, 0) is 21.4 Å². The topological polar surface area (TPSA) is 119 Å². The van der Waals surface area contributed by atoms with Crippen LogP contribution in [0.15, 0.2) is 24.5 Å². The van der Waals surface area contributed by atoms with Gasteiger partial charge in [0.05, 0.1) is 19.1 Å². The normalized spacial score (nSPS) is 29.4. The van der Waals surface area contributed by atoms with E-state index < -0.39 is 6.04 Å². The van der Waals surface area contributed by atoms with E-state index in [-0.39, 0.29) is 30.3 Å². The van der Waals surface area contributed by atoms with E-state index in [1.54, 1.807) is 0 Å². The summed E-state index contributed by atoms with van der Waals surface area (Å²) in [5.41, 5.74) is 16.5. The average Bonchev–Trinajstić information content (AvgIpc) is 3.17. The maximum atomic E-state index is 12.2. The Morgan fingerprint density at radius 1 is 1.10 bits per heavy atom. The van der Waals surface area contributed by atoms with Gasteiger partial charge in [-0.25, -0.2) is 0 Å². The maximum Gasteiger partial charge on any atom is 0.239 e. The van der Waals surface area contributed by atoms with E-state index in [4.69, 9.17) is 16.2 Å². The minimum atomic E-state index is -0.660. The molecule has 5 atom stereocenters. The van der Waals surface area contributed by atoms with Crippen molar-refractivity contribution in [2.45, 2.75) is 97.4 Å². The van der Waals surface area contributed by atoms with Gasteiger partial charge in [0.25, 0.3) is 0 Å². The summed E-state index contributed by atoms with van der Waals surface area (Å²) in [5.74, 6) is 1.98. The Hall–Kier alpha value is -2.38. The van der Waals surface area contributed by atoms with Gasteiger partial charge in [-0.05, 0) is 115 Å². The van der Waals surface area contributed by atoms with Crippen LogP contribution in [0.2, 0.25) is 0 Å². The molecule has 0 heterocycles. The summed E-state index contributed by atoms with van der Waals surface area (Å²) >= 11 is 0. The van der Waals surface area contributed by atoms with E-state index in [9.17, 15) is 9.59 Å². The van der Waals surface area contributed by atoms with Crippen LogP contribution in [0, 0.1) is 29.6 Å². The van der Waals surface area contributed by atoms with E-state index >= 15 is 0 Å². The molecule has 1 unspecified atom stereocenters. The summed E-state index contributed by atoms with van der Waals surface area (Å²) in [4.78, 5) is 24.2. The number of rotatable bonds is 10.